The molecule has 0 fully saturated rings. The van der Waals surface area contributed by atoms with Crippen LogP contribution in [0.1, 0.15) is 6.42 Å². The van der Waals surface area contributed by atoms with Crippen LogP contribution in [0.25, 0.3) is 0 Å². The number of carbonyl (C=O) groups excluding carboxylic acids is 1. The Labute approximate surface area is 101 Å². The van der Waals surface area contributed by atoms with E-state index in [0.29, 0.717) is 6.61 Å². The summed E-state index contributed by atoms with van der Waals surface area (Å²) >= 11 is 0. The standard InChI is InChI=1S/C12H18N2O3/c1-13-10-2-4-11(5-3-10)17-9-6-12(16)14-7-8-15/h2-5,13,15H,6-9H2,1H3,(H,14,16). The first-order chi connectivity index (χ1) is 8.26. The Hall–Kier alpha value is -1.75. The van der Waals surface area contributed by atoms with Gasteiger partial charge in [-0.05, 0) is 24.3 Å². The number of benzene rings is 1. The van der Waals surface area contributed by atoms with Crippen molar-refractivity contribution < 1.29 is 14.6 Å². The number of hydrogen-bond acceptors (Lipinski definition) is 4. The van der Waals surface area contributed by atoms with E-state index in [4.69, 9.17) is 9.84 Å². The first kappa shape index (κ1) is 13.3. The van der Waals surface area contributed by atoms with Gasteiger partial charge in [-0.25, -0.2) is 0 Å². The molecular weight excluding hydrogens is 220 g/mol. The number of carbonyl (C=O) groups is 1. The number of ether oxygens (including phenoxy) is 1. The van der Waals surface area contributed by atoms with E-state index in [2.05, 4.69) is 10.6 Å². The van der Waals surface area contributed by atoms with Crippen molar-refractivity contribution in [1.29, 1.82) is 0 Å². The molecular formula is C12H18N2O3. The molecule has 5 nitrogen and oxygen atoms in total. The van der Waals surface area contributed by atoms with E-state index < -0.39 is 0 Å². The zero-order valence-corrected chi connectivity index (χ0v) is 9.90. The molecule has 0 atom stereocenters. The van der Waals surface area contributed by atoms with Crippen molar-refractivity contribution in [3.05, 3.63) is 24.3 Å². The van der Waals surface area contributed by atoms with Gasteiger partial charge in [0.1, 0.15) is 5.75 Å². The lowest BCUT2D eigenvalue weighted by Crippen LogP contribution is -2.27. The lowest BCUT2D eigenvalue weighted by atomic mass is 10.3. The van der Waals surface area contributed by atoms with Gasteiger partial charge in [0.05, 0.1) is 19.6 Å². The first-order valence-electron chi connectivity index (χ1n) is 5.54. The summed E-state index contributed by atoms with van der Waals surface area (Å²) in [5.74, 6) is 0.616. The molecule has 5 heteroatoms. The van der Waals surface area contributed by atoms with Crippen LogP contribution in [-0.4, -0.2) is 37.8 Å². The maximum Gasteiger partial charge on any atom is 0.223 e. The number of anilines is 1. The van der Waals surface area contributed by atoms with Gasteiger partial charge in [-0.2, -0.15) is 0 Å². The highest BCUT2D eigenvalue weighted by molar-refractivity contribution is 5.75. The highest BCUT2D eigenvalue weighted by Gasteiger charge is 2.00. The zero-order chi connectivity index (χ0) is 12.5. The third-order valence-electron chi connectivity index (χ3n) is 2.17. The Morgan fingerprint density at radius 2 is 2.06 bits per heavy atom. The van der Waals surface area contributed by atoms with Gasteiger partial charge in [-0.1, -0.05) is 0 Å². The highest BCUT2D eigenvalue weighted by atomic mass is 16.5. The molecule has 1 rings (SSSR count). The maximum absolute atomic E-state index is 11.2. The molecule has 0 aliphatic rings. The lowest BCUT2D eigenvalue weighted by Gasteiger charge is -2.07. The van der Waals surface area contributed by atoms with Crippen molar-refractivity contribution >= 4 is 11.6 Å². The summed E-state index contributed by atoms with van der Waals surface area (Å²) in [6.07, 6.45) is 0.285. The Balaban J connectivity index is 2.23. The third-order valence-corrected chi connectivity index (χ3v) is 2.17. The normalized spacial score (nSPS) is 9.76. The van der Waals surface area contributed by atoms with E-state index in [-0.39, 0.29) is 25.5 Å². The number of rotatable bonds is 7. The molecule has 0 radical (unpaired) electrons. The van der Waals surface area contributed by atoms with E-state index in [1.165, 1.54) is 0 Å². The predicted molar refractivity (Wildman–Crippen MR) is 66.2 cm³/mol. The second-order valence-corrected chi connectivity index (χ2v) is 3.45. The van der Waals surface area contributed by atoms with Crippen molar-refractivity contribution in [2.24, 2.45) is 0 Å². The summed E-state index contributed by atoms with van der Waals surface area (Å²) < 4.78 is 5.41. The van der Waals surface area contributed by atoms with Crippen molar-refractivity contribution in [3.8, 4) is 5.75 Å². The van der Waals surface area contributed by atoms with Gasteiger partial charge in [-0.3, -0.25) is 4.79 Å². The van der Waals surface area contributed by atoms with Gasteiger partial charge in [0.2, 0.25) is 5.91 Å². The molecule has 0 spiro atoms. The Morgan fingerprint density at radius 3 is 2.65 bits per heavy atom. The van der Waals surface area contributed by atoms with Gasteiger partial charge in [-0.15, -0.1) is 0 Å². The molecule has 0 aliphatic carbocycles. The van der Waals surface area contributed by atoms with Crippen LogP contribution < -0.4 is 15.4 Å². The van der Waals surface area contributed by atoms with Gasteiger partial charge in [0.25, 0.3) is 0 Å². The molecule has 0 aromatic heterocycles. The Kier molecular flexibility index (Phi) is 5.88. The van der Waals surface area contributed by atoms with Crippen LogP contribution in [0.15, 0.2) is 24.3 Å². The van der Waals surface area contributed by atoms with Crippen molar-refractivity contribution in [2.75, 3.05) is 32.1 Å². The van der Waals surface area contributed by atoms with Gasteiger partial charge in [0, 0.05) is 19.3 Å². The average molecular weight is 238 g/mol. The summed E-state index contributed by atoms with van der Waals surface area (Å²) in [6, 6.07) is 7.50. The molecule has 1 aromatic rings. The van der Waals surface area contributed by atoms with Gasteiger partial charge < -0.3 is 20.5 Å². The Morgan fingerprint density at radius 1 is 1.35 bits per heavy atom. The van der Waals surface area contributed by atoms with Gasteiger partial charge >= 0.3 is 0 Å². The molecule has 0 unspecified atom stereocenters. The number of nitrogens with one attached hydrogen (secondary N) is 2. The largest absolute Gasteiger partial charge is 0.493 e. The second-order valence-electron chi connectivity index (χ2n) is 3.45. The van der Waals surface area contributed by atoms with E-state index in [0.717, 1.165) is 11.4 Å². The number of aliphatic hydroxyl groups is 1. The van der Waals surface area contributed by atoms with Gasteiger partial charge in [0.15, 0.2) is 0 Å². The smallest absolute Gasteiger partial charge is 0.223 e. The molecule has 94 valence electrons. The van der Waals surface area contributed by atoms with Crippen molar-refractivity contribution in [3.63, 3.8) is 0 Å². The van der Waals surface area contributed by atoms with E-state index in [1.54, 1.807) is 0 Å². The molecule has 0 heterocycles. The molecule has 0 bridgehead atoms. The molecule has 0 aliphatic heterocycles. The van der Waals surface area contributed by atoms with Crippen LogP contribution >= 0.6 is 0 Å². The van der Waals surface area contributed by atoms with Crippen LogP contribution in [0.5, 0.6) is 5.75 Å². The maximum atomic E-state index is 11.2. The second kappa shape index (κ2) is 7.51. The molecule has 0 saturated heterocycles. The summed E-state index contributed by atoms with van der Waals surface area (Å²) in [4.78, 5) is 11.2. The molecule has 3 N–H and O–H groups in total. The van der Waals surface area contributed by atoms with E-state index in [1.807, 2.05) is 31.3 Å². The van der Waals surface area contributed by atoms with Crippen LogP contribution in [0.3, 0.4) is 0 Å². The zero-order valence-electron chi connectivity index (χ0n) is 9.90. The van der Waals surface area contributed by atoms with E-state index >= 15 is 0 Å². The Bertz CT molecular complexity index is 338. The lowest BCUT2D eigenvalue weighted by molar-refractivity contribution is -0.121. The minimum absolute atomic E-state index is 0.0436. The fourth-order valence-corrected chi connectivity index (χ4v) is 1.26. The third kappa shape index (κ3) is 5.21. The van der Waals surface area contributed by atoms with Crippen LogP contribution in [-0.2, 0) is 4.79 Å². The number of hydrogen-bond donors (Lipinski definition) is 3. The molecule has 0 saturated carbocycles. The monoisotopic (exact) mass is 238 g/mol. The molecule has 17 heavy (non-hydrogen) atoms. The van der Waals surface area contributed by atoms with Crippen molar-refractivity contribution in [1.82, 2.24) is 5.32 Å². The minimum atomic E-state index is -0.120. The quantitative estimate of drug-likeness (QED) is 0.651. The summed E-state index contributed by atoms with van der Waals surface area (Å²) in [7, 11) is 1.85. The number of aliphatic hydroxyl groups excluding tert-OH is 1. The first-order valence-corrected chi connectivity index (χ1v) is 5.54. The summed E-state index contributed by atoms with van der Waals surface area (Å²) in [5.41, 5.74) is 1.01. The highest BCUT2D eigenvalue weighted by Crippen LogP contribution is 2.14. The fourth-order valence-electron chi connectivity index (χ4n) is 1.26. The number of amides is 1. The summed E-state index contributed by atoms with van der Waals surface area (Å²) in [5, 5.41) is 14.1. The molecule has 1 amide bonds. The fraction of sp³-hybridized carbons (Fsp3) is 0.417. The van der Waals surface area contributed by atoms with Crippen LogP contribution in [0.2, 0.25) is 0 Å². The van der Waals surface area contributed by atoms with E-state index in [9.17, 15) is 4.79 Å². The summed E-state index contributed by atoms with van der Waals surface area (Å²) in [6.45, 7) is 0.573. The van der Waals surface area contributed by atoms with Crippen LogP contribution in [0.4, 0.5) is 5.69 Å². The SMILES string of the molecule is CNc1ccc(OCCC(=O)NCCO)cc1. The predicted octanol–water partition coefficient (Wildman–Crippen LogP) is 0.606. The van der Waals surface area contributed by atoms with Crippen molar-refractivity contribution in [2.45, 2.75) is 6.42 Å². The topological polar surface area (TPSA) is 70.6 Å². The molecule has 1 aromatic carbocycles. The minimum Gasteiger partial charge on any atom is -0.493 e. The van der Waals surface area contributed by atoms with Crippen LogP contribution in [0, 0.1) is 0 Å². The average Bonchev–Trinajstić information content (AvgIpc) is 2.37.